The lowest BCUT2D eigenvalue weighted by Crippen LogP contribution is -2.06. The van der Waals surface area contributed by atoms with Crippen molar-refractivity contribution in [2.24, 2.45) is 10.2 Å². The number of nitro groups is 1. The number of aromatic nitrogens is 1. The van der Waals surface area contributed by atoms with Crippen molar-refractivity contribution in [1.82, 2.24) is 4.98 Å². The fraction of sp³-hybridized carbons (Fsp3) is 0.118. The van der Waals surface area contributed by atoms with Crippen LogP contribution in [0.1, 0.15) is 11.1 Å². The van der Waals surface area contributed by atoms with Gasteiger partial charge in [-0.2, -0.15) is 0 Å². The smallest absolute Gasteiger partial charge is 0.293 e. The van der Waals surface area contributed by atoms with Crippen LogP contribution < -0.4 is 5.56 Å². The monoisotopic (exact) mass is 338 g/mol. The molecule has 0 saturated heterocycles. The van der Waals surface area contributed by atoms with Crippen molar-refractivity contribution in [1.29, 1.82) is 0 Å². The lowest BCUT2D eigenvalue weighted by atomic mass is 10.1. The third kappa shape index (κ3) is 2.85. The molecule has 0 spiro atoms. The topological polar surface area (TPSA) is 121 Å². The predicted molar refractivity (Wildman–Crippen MR) is 93.0 cm³/mol. The molecule has 0 amide bonds. The largest absolute Gasteiger partial charge is 0.505 e. The molecule has 0 fully saturated rings. The summed E-state index contributed by atoms with van der Waals surface area (Å²) < 4.78 is 0. The van der Waals surface area contributed by atoms with E-state index in [2.05, 4.69) is 15.2 Å². The van der Waals surface area contributed by atoms with Crippen molar-refractivity contribution in [2.75, 3.05) is 0 Å². The first-order valence-corrected chi connectivity index (χ1v) is 7.40. The first-order valence-electron chi connectivity index (χ1n) is 7.40. The van der Waals surface area contributed by atoms with E-state index in [1.165, 1.54) is 18.2 Å². The van der Waals surface area contributed by atoms with Crippen LogP contribution in [0.2, 0.25) is 0 Å². The van der Waals surface area contributed by atoms with Gasteiger partial charge in [-0.3, -0.25) is 14.9 Å². The molecule has 25 heavy (non-hydrogen) atoms. The average molecular weight is 338 g/mol. The van der Waals surface area contributed by atoms with Gasteiger partial charge in [0.25, 0.3) is 11.2 Å². The van der Waals surface area contributed by atoms with Crippen molar-refractivity contribution in [3.8, 4) is 5.75 Å². The van der Waals surface area contributed by atoms with Gasteiger partial charge >= 0.3 is 0 Å². The van der Waals surface area contributed by atoms with Crippen LogP contribution in [-0.2, 0) is 0 Å². The van der Waals surface area contributed by atoms with Crippen molar-refractivity contribution >= 4 is 28.0 Å². The maximum Gasteiger partial charge on any atom is 0.293 e. The average Bonchev–Trinajstić information content (AvgIpc) is 2.56. The Morgan fingerprint density at radius 3 is 2.28 bits per heavy atom. The highest BCUT2D eigenvalue weighted by Gasteiger charge is 2.18. The minimum Gasteiger partial charge on any atom is -0.505 e. The van der Waals surface area contributed by atoms with Gasteiger partial charge in [0.2, 0.25) is 0 Å². The number of nitro benzene ring substituents is 1. The first kappa shape index (κ1) is 16.3. The van der Waals surface area contributed by atoms with E-state index in [-0.39, 0.29) is 22.3 Å². The predicted octanol–water partition coefficient (Wildman–Crippen LogP) is 4.17. The van der Waals surface area contributed by atoms with E-state index in [0.29, 0.717) is 5.69 Å². The summed E-state index contributed by atoms with van der Waals surface area (Å²) in [5.41, 5.74) is 0.932. The van der Waals surface area contributed by atoms with E-state index < -0.39 is 16.2 Å². The number of nitrogens with one attached hydrogen (secondary N) is 1. The molecule has 3 aromatic rings. The van der Waals surface area contributed by atoms with Gasteiger partial charge in [0, 0.05) is 11.5 Å². The number of hydrogen-bond acceptors (Lipinski definition) is 6. The highest BCUT2D eigenvalue weighted by Crippen LogP contribution is 2.35. The van der Waals surface area contributed by atoms with Crippen LogP contribution in [0.4, 0.5) is 17.1 Å². The SMILES string of the molecule is Cc1cccc(C)c1N=Nc1c(O)c2cccc([N+](=O)[O-])c2[nH]c1=O. The summed E-state index contributed by atoms with van der Waals surface area (Å²) in [6.45, 7) is 3.71. The van der Waals surface area contributed by atoms with Gasteiger partial charge in [0.15, 0.2) is 11.4 Å². The number of nitrogens with zero attached hydrogens (tertiary/aromatic N) is 3. The standard InChI is InChI=1S/C17H14N4O4/c1-9-5-3-6-10(2)13(9)19-20-15-16(22)11-7-4-8-12(21(24)25)14(11)18-17(15)23/h3-8H,1-2H3,(H2,18,22,23). The Hall–Kier alpha value is -3.55. The molecule has 126 valence electrons. The number of benzene rings is 2. The summed E-state index contributed by atoms with van der Waals surface area (Å²) in [7, 11) is 0. The van der Waals surface area contributed by atoms with Crippen LogP contribution in [-0.4, -0.2) is 15.0 Å². The van der Waals surface area contributed by atoms with E-state index in [0.717, 1.165) is 11.1 Å². The molecular formula is C17H14N4O4. The Labute approximate surface area is 141 Å². The molecule has 0 radical (unpaired) electrons. The Morgan fingerprint density at radius 2 is 1.64 bits per heavy atom. The molecule has 0 bridgehead atoms. The third-order valence-corrected chi connectivity index (χ3v) is 3.86. The van der Waals surface area contributed by atoms with E-state index in [1.807, 2.05) is 32.0 Å². The highest BCUT2D eigenvalue weighted by atomic mass is 16.6. The molecule has 0 aliphatic heterocycles. The first-order chi connectivity index (χ1) is 11.9. The lowest BCUT2D eigenvalue weighted by Gasteiger charge is -2.05. The quantitative estimate of drug-likeness (QED) is 0.423. The zero-order valence-electron chi connectivity index (χ0n) is 13.5. The van der Waals surface area contributed by atoms with Gasteiger partial charge in [0.1, 0.15) is 5.52 Å². The van der Waals surface area contributed by atoms with Crippen LogP contribution in [0.15, 0.2) is 51.4 Å². The van der Waals surface area contributed by atoms with Crippen molar-refractivity contribution in [3.05, 3.63) is 68.0 Å². The molecule has 1 heterocycles. The van der Waals surface area contributed by atoms with E-state index in [1.54, 1.807) is 0 Å². The van der Waals surface area contributed by atoms with Crippen LogP contribution in [0.3, 0.4) is 0 Å². The molecule has 0 atom stereocenters. The van der Waals surface area contributed by atoms with E-state index in [4.69, 9.17) is 0 Å². The van der Waals surface area contributed by atoms with Gasteiger partial charge < -0.3 is 10.1 Å². The number of para-hydroxylation sites is 1. The Bertz CT molecular complexity index is 1070. The molecule has 2 aromatic carbocycles. The molecule has 0 saturated carbocycles. The Balaban J connectivity index is 2.20. The number of fused-ring (bicyclic) bond motifs is 1. The minimum atomic E-state index is -0.755. The summed E-state index contributed by atoms with van der Waals surface area (Å²) in [6, 6.07) is 9.72. The number of aromatic hydroxyl groups is 1. The molecule has 8 heteroatoms. The second kappa shape index (κ2) is 6.16. The Morgan fingerprint density at radius 1 is 1.04 bits per heavy atom. The number of non-ortho nitro benzene ring substituents is 1. The Kier molecular flexibility index (Phi) is 4.02. The fourth-order valence-electron chi connectivity index (χ4n) is 2.58. The molecule has 1 aromatic heterocycles. The van der Waals surface area contributed by atoms with Gasteiger partial charge in [-0.25, -0.2) is 0 Å². The van der Waals surface area contributed by atoms with Crippen molar-refractivity contribution in [2.45, 2.75) is 13.8 Å². The lowest BCUT2D eigenvalue weighted by molar-refractivity contribution is -0.383. The van der Waals surface area contributed by atoms with Gasteiger partial charge in [0.05, 0.1) is 10.6 Å². The van der Waals surface area contributed by atoms with Gasteiger partial charge in [-0.1, -0.05) is 24.3 Å². The van der Waals surface area contributed by atoms with Crippen LogP contribution in [0.5, 0.6) is 5.75 Å². The maximum atomic E-state index is 12.2. The zero-order valence-corrected chi connectivity index (χ0v) is 13.5. The van der Waals surface area contributed by atoms with Gasteiger partial charge in [-0.05, 0) is 31.0 Å². The highest BCUT2D eigenvalue weighted by molar-refractivity contribution is 5.94. The summed E-state index contributed by atoms with van der Waals surface area (Å²) in [6.07, 6.45) is 0. The number of aryl methyl sites for hydroxylation is 2. The minimum absolute atomic E-state index is 0.0546. The molecule has 0 aliphatic carbocycles. The van der Waals surface area contributed by atoms with Gasteiger partial charge in [-0.15, -0.1) is 10.2 Å². The number of hydrogen-bond donors (Lipinski definition) is 2. The number of pyridine rings is 1. The van der Waals surface area contributed by atoms with Crippen molar-refractivity contribution in [3.63, 3.8) is 0 Å². The maximum absolute atomic E-state index is 12.2. The number of azo groups is 1. The summed E-state index contributed by atoms with van der Waals surface area (Å²) in [5.74, 6) is -0.447. The molecule has 2 N–H and O–H groups in total. The summed E-state index contributed by atoms with van der Waals surface area (Å²) >= 11 is 0. The number of rotatable bonds is 3. The second-order valence-corrected chi connectivity index (χ2v) is 5.55. The van der Waals surface area contributed by atoms with Crippen LogP contribution in [0, 0.1) is 24.0 Å². The molecule has 8 nitrogen and oxygen atoms in total. The zero-order chi connectivity index (χ0) is 18.1. The fourth-order valence-corrected chi connectivity index (χ4v) is 2.58. The van der Waals surface area contributed by atoms with Crippen molar-refractivity contribution < 1.29 is 10.0 Å². The molecule has 0 unspecified atom stereocenters. The molecular weight excluding hydrogens is 324 g/mol. The van der Waals surface area contributed by atoms with E-state index in [9.17, 15) is 20.0 Å². The van der Waals surface area contributed by atoms with Crippen LogP contribution in [0.25, 0.3) is 10.9 Å². The normalized spacial score (nSPS) is 11.3. The summed E-state index contributed by atoms with van der Waals surface area (Å²) in [4.78, 5) is 25.1. The molecule has 0 aliphatic rings. The third-order valence-electron chi connectivity index (χ3n) is 3.86. The molecule has 3 rings (SSSR count). The van der Waals surface area contributed by atoms with E-state index >= 15 is 0 Å². The number of H-pyrrole nitrogens is 1. The van der Waals surface area contributed by atoms with Crippen LogP contribution >= 0.6 is 0 Å². The summed E-state index contributed by atoms with van der Waals surface area (Å²) in [5, 5.41) is 29.5. The second-order valence-electron chi connectivity index (χ2n) is 5.55. The number of aromatic amines is 1.